The molecular weight excluding hydrogens is 223 g/mol. The zero-order valence-corrected chi connectivity index (χ0v) is 9.57. The van der Waals surface area contributed by atoms with E-state index in [9.17, 15) is 9.18 Å². The predicted octanol–water partition coefficient (Wildman–Crippen LogP) is 2.22. The molecule has 0 fully saturated rings. The molecule has 0 aliphatic carbocycles. The molecule has 0 amide bonds. The topological polar surface area (TPSA) is 73.1 Å². The monoisotopic (exact) mass is 236 g/mol. The molecule has 2 N–H and O–H groups in total. The maximum absolute atomic E-state index is 12.9. The molecule has 0 aromatic heterocycles. The first-order valence-electron chi connectivity index (χ1n) is 5.14. The molecule has 0 heterocycles. The SMILES string of the molecule is CC(C)[C@@H](Nc1ccc(F)cc1C#N)C(=O)O. The van der Waals surface area contributed by atoms with Crippen molar-refractivity contribution in [2.24, 2.45) is 5.92 Å². The second kappa shape index (κ2) is 5.30. The standard InChI is InChI=1S/C12H13FN2O2/c1-7(2)11(12(16)17)15-10-4-3-9(13)5-8(10)6-14/h3-5,7,11,15H,1-2H3,(H,16,17)/t11-/m1/s1. The summed E-state index contributed by atoms with van der Waals surface area (Å²) in [5.41, 5.74) is 0.423. The minimum Gasteiger partial charge on any atom is -0.480 e. The minimum atomic E-state index is -1.01. The first-order valence-corrected chi connectivity index (χ1v) is 5.14. The normalized spacial score (nSPS) is 11.9. The maximum Gasteiger partial charge on any atom is 0.326 e. The molecule has 1 rings (SSSR count). The molecule has 1 atom stereocenters. The number of carboxylic acids is 1. The van der Waals surface area contributed by atoms with Gasteiger partial charge in [-0.05, 0) is 24.1 Å². The second-order valence-electron chi connectivity index (χ2n) is 4.01. The van der Waals surface area contributed by atoms with E-state index in [0.717, 1.165) is 6.07 Å². The van der Waals surface area contributed by atoms with E-state index in [1.54, 1.807) is 13.8 Å². The lowest BCUT2D eigenvalue weighted by atomic mass is 10.0. The first-order chi connectivity index (χ1) is 7.95. The van der Waals surface area contributed by atoms with Crippen LogP contribution in [0.4, 0.5) is 10.1 Å². The molecule has 0 unspecified atom stereocenters. The summed E-state index contributed by atoms with van der Waals surface area (Å²) in [4.78, 5) is 11.0. The van der Waals surface area contributed by atoms with Crippen LogP contribution in [0.15, 0.2) is 18.2 Å². The Morgan fingerprint density at radius 2 is 2.18 bits per heavy atom. The molecular formula is C12H13FN2O2. The summed E-state index contributed by atoms with van der Waals surface area (Å²) in [5.74, 6) is -1.68. The molecule has 0 radical (unpaired) electrons. The van der Waals surface area contributed by atoms with Crippen molar-refractivity contribution in [1.82, 2.24) is 0 Å². The Balaban J connectivity index is 3.02. The van der Waals surface area contributed by atoms with Crippen molar-refractivity contribution < 1.29 is 14.3 Å². The number of carbonyl (C=O) groups is 1. The van der Waals surface area contributed by atoms with Gasteiger partial charge in [-0.3, -0.25) is 0 Å². The van der Waals surface area contributed by atoms with E-state index < -0.39 is 17.8 Å². The van der Waals surface area contributed by atoms with Crippen LogP contribution in [0.2, 0.25) is 0 Å². The van der Waals surface area contributed by atoms with Crippen molar-refractivity contribution >= 4 is 11.7 Å². The van der Waals surface area contributed by atoms with E-state index in [-0.39, 0.29) is 11.5 Å². The van der Waals surface area contributed by atoms with Gasteiger partial charge in [-0.1, -0.05) is 13.8 Å². The molecule has 0 aliphatic heterocycles. The van der Waals surface area contributed by atoms with Crippen LogP contribution in [0.3, 0.4) is 0 Å². The third-order valence-electron chi connectivity index (χ3n) is 2.35. The molecule has 0 aliphatic rings. The number of halogens is 1. The Labute approximate surface area is 98.7 Å². The van der Waals surface area contributed by atoms with Gasteiger partial charge in [0.25, 0.3) is 0 Å². The number of hydrogen-bond donors (Lipinski definition) is 2. The van der Waals surface area contributed by atoms with Crippen molar-refractivity contribution in [3.8, 4) is 6.07 Å². The van der Waals surface area contributed by atoms with E-state index in [4.69, 9.17) is 10.4 Å². The lowest BCUT2D eigenvalue weighted by Crippen LogP contribution is -2.34. The van der Waals surface area contributed by atoms with Crippen molar-refractivity contribution in [3.63, 3.8) is 0 Å². The van der Waals surface area contributed by atoms with Gasteiger partial charge in [0.15, 0.2) is 0 Å². The third kappa shape index (κ3) is 3.18. The van der Waals surface area contributed by atoms with Crippen LogP contribution in [0.25, 0.3) is 0 Å². The molecule has 4 nitrogen and oxygen atoms in total. The number of carboxylic acid groups (broad SMARTS) is 1. The van der Waals surface area contributed by atoms with Crippen LogP contribution in [-0.4, -0.2) is 17.1 Å². The first kappa shape index (κ1) is 13.0. The molecule has 5 heteroatoms. The zero-order valence-electron chi connectivity index (χ0n) is 9.57. The minimum absolute atomic E-state index is 0.0944. The van der Waals surface area contributed by atoms with Crippen LogP contribution >= 0.6 is 0 Å². The molecule has 0 spiro atoms. The van der Waals surface area contributed by atoms with Crippen LogP contribution in [0.5, 0.6) is 0 Å². The number of hydrogen-bond acceptors (Lipinski definition) is 3. The van der Waals surface area contributed by atoms with E-state index in [1.807, 2.05) is 6.07 Å². The van der Waals surface area contributed by atoms with Crippen LogP contribution in [0, 0.1) is 23.1 Å². The molecule has 17 heavy (non-hydrogen) atoms. The van der Waals surface area contributed by atoms with E-state index in [1.165, 1.54) is 12.1 Å². The van der Waals surface area contributed by atoms with Gasteiger partial charge in [-0.15, -0.1) is 0 Å². The van der Waals surface area contributed by atoms with Crippen molar-refractivity contribution in [1.29, 1.82) is 5.26 Å². The van der Waals surface area contributed by atoms with Gasteiger partial charge in [-0.25, -0.2) is 9.18 Å². The number of benzene rings is 1. The Morgan fingerprint density at radius 3 is 2.65 bits per heavy atom. The summed E-state index contributed by atoms with van der Waals surface area (Å²) in [6, 6.07) is 4.63. The highest BCUT2D eigenvalue weighted by Crippen LogP contribution is 2.19. The number of nitrogens with zero attached hydrogens (tertiary/aromatic N) is 1. The summed E-state index contributed by atoms with van der Waals surface area (Å²) in [7, 11) is 0. The average Bonchev–Trinajstić information content (AvgIpc) is 2.26. The van der Waals surface area contributed by atoms with Gasteiger partial charge in [0, 0.05) is 0 Å². The largest absolute Gasteiger partial charge is 0.480 e. The zero-order chi connectivity index (χ0) is 13.0. The fourth-order valence-corrected chi connectivity index (χ4v) is 1.42. The molecule has 1 aromatic rings. The van der Waals surface area contributed by atoms with Gasteiger partial charge in [0.05, 0.1) is 11.3 Å². The van der Waals surface area contributed by atoms with Gasteiger partial charge >= 0.3 is 5.97 Å². The Kier molecular flexibility index (Phi) is 4.05. The maximum atomic E-state index is 12.9. The highest BCUT2D eigenvalue weighted by atomic mass is 19.1. The van der Waals surface area contributed by atoms with Gasteiger partial charge < -0.3 is 10.4 Å². The van der Waals surface area contributed by atoms with E-state index >= 15 is 0 Å². The number of anilines is 1. The van der Waals surface area contributed by atoms with E-state index in [0.29, 0.717) is 5.69 Å². The summed E-state index contributed by atoms with van der Waals surface area (Å²) in [6.07, 6.45) is 0. The summed E-state index contributed by atoms with van der Waals surface area (Å²) < 4.78 is 12.9. The summed E-state index contributed by atoms with van der Waals surface area (Å²) in [5, 5.41) is 20.6. The fraction of sp³-hybridized carbons (Fsp3) is 0.333. The van der Waals surface area contributed by atoms with Gasteiger partial charge in [0.1, 0.15) is 17.9 Å². The lowest BCUT2D eigenvalue weighted by Gasteiger charge is -2.19. The quantitative estimate of drug-likeness (QED) is 0.840. The molecule has 1 aromatic carbocycles. The van der Waals surface area contributed by atoms with Crippen LogP contribution in [-0.2, 0) is 4.79 Å². The van der Waals surface area contributed by atoms with Crippen molar-refractivity contribution in [2.45, 2.75) is 19.9 Å². The number of nitriles is 1. The highest BCUT2D eigenvalue weighted by molar-refractivity contribution is 5.78. The summed E-state index contributed by atoms with van der Waals surface area (Å²) >= 11 is 0. The van der Waals surface area contributed by atoms with Crippen molar-refractivity contribution in [3.05, 3.63) is 29.6 Å². The lowest BCUT2D eigenvalue weighted by molar-refractivity contribution is -0.138. The smallest absolute Gasteiger partial charge is 0.326 e. The number of nitrogens with one attached hydrogen (secondary N) is 1. The van der Waals surface area contributed by atoms with Gasteiger partial charge in [-0.2, -0.15) is 5.26 Å². The molecule has 0 saturated carbocycles. The number of aliphatic carboxylic acids is 1. The molecule has 0 saturated heterocycles. The molecule has 90 valence electrons. The number of rotatable bonds is 4. The van der Waals surface area contributed by atoms with Crippen LogP contribution in [0.1, 0.15) is 19.4 Å². The fourth-order valence-electron chi connectivity index (χ4n) is 1.42. The molecule has 0 bridgehead atoms. The predicted molar refractivity (Wildman–Crippen MR) is 61.0 cm³/mol. The average molecular weight is 236 g/mol. The Hall–Kier alpha value is -2.09. The second-order valence-corrected chi connectivity index (χ2v) is 4.01. The third-order valence-corrected chi connectivity index (χ3v) is 2.35. The van der Waals surface area contributed by atoms with E-state index in [2.05, 4.69) is 5.32 Å². The van der Waals surface area contributed by atoms with Crippen LogP contribution < -0.4 is 5.32 Å². The van der Waals surface area contributed by atoms with Crippen molar-refractivity contribution in [2.75, 3.05) is 5.32 Å². The summed E-state index contributed by atoms with van der Waals surface area (Å²) in [6.45, 7) is 3.50. The Bertz CT molecular complexity index is 466. The van der Waals surface area contributed by atoms with Gasteiger partial charge in [0.2, 0.25) is 0 Å². The Morgan fingerprint density at radius 1 is 1.53 bits per heavy atom. The highest BCUT2D eigenvalue weighted by Gasteiger charge is 2.22.